The fourth-order valence-corrected chi connectivity index (χ4v) is 2.43. The van der Waals surface area contributed by atoms with Gasteiger partial charge in [0.25, 0.3) is 0 Å². The summed E-state index contributed by atoms with van der Waals surface area (Å²) in [4.78, 5) is 0. The molecule has 1 aliphatic carbocycles. The van der Waals surface area contributed by atoms with Gasteiger partial charge in [-0.1, -0.05) is 31.0 Å². The second-order valence-electron chi connectivity index (χ2n) is 5.22. The molecule has 0 spiro atoms. The fraction of sp³-hybridized carbons (Fsp3) is 0.600. The maximum absolute atomic E-state index is 6.07. The van der Waals surface area contributed by atoms with E-state index in [1.165, 1.54) is 29.5 Å². The summed E-state index contributed by atoms with van der Waals surface area (Å²) in [5.41, 5.74) is 10.00. The van der Waals surface area contributed by atoms with Crippen LogP contribution in [-0.2, 0) is 11.3 Å². The Labute approximate surface area is 104 Å². The Hall–Kier alpha value is -0.860. The minimum absolute atomic E-state index is 0.232. The van der Waals surface area contributed by atoms with E-state index in [0.717, 1.165) is 12.8 Å². The molecule has 0 heterocycles. The number of hydrogen-bond acceptors (Lipinski definition) is 2. The third-order valence-electron chi connectivity index (χ3n) is 3.79. The van der Waals surface area contributed by atoms with Crippen LogP contribution < -0.4 is 5.73 Å². The summed E-state index contributed by atoms with van der Waals surface area (Å²) in [5.74, 6) is 0. The number of nitrogens with two attached hydrogens (primary N) is 1. The van der Waals surface area contributed by atoms with E-state index >= 15 is 0 Å². The summed E-state index contributed by atoms with van der Waals surface area (Å²) in [6.45, 7) is 4.97. The monoisotopic (exact) mass is 233 g/mol. The van der Waals surface area contributed by atoms with Crippen LogP contribution in [0, 0.1) is 13.8 Å². The van der Waals surface area contributed by atoms with Crippen molar-refractivity contribution < 1.29 is 4.74 Å². The molecule has 0 aromatic heterocycles. The maximum Gasteiger partial charge on any atom is 0.0730 e. The van der Waals surface area contributed by atoms with E-state index in [-0.39, 0.29) is 12.1 Å². The normalized spacial score (nSPS) is 24.9. The van der Waals surface area contributed by atoms with E-state index in [1.807, 2.05) is 0 Å². The van der Waals surface area contributed by atoms with Gasteiger partial charge >= 0.3 is 0 Å². The molecule has 2 N–H and O–H groups in total. The van der Waals surface area contributed by atoms with Gasteiger partial charge in [0.05, 0.1) is 12.7 Å². The quantitative estimate of drug-likeness (QED) is 0.870. The third-order valence-corrected chi connectivity index (χ3v) is 3.79. The van der Waals surface area contributed by atoms with E-state index in [1.54, 1.807) is 0 Å². The van der Waals surface area contributed by atoms with Crippen molar-refractivity contribution in [2.75, 3.05) is 0 Å². The van der Waals surface area contributed by atoms with Crippen molar-refractivity contribution in [3.8, 4) is 0 Å². The van der Waals surface area contributed by atoms with Crippen LogP contribution >= 0.6 is 0 Å². The standard InChI is InChI=1S/C15H23NO/c1-11-7-8-13(9-12(11)2)10-17-15-6-4-3-5-14(15)16/h7-9,14-15H,3-6,10,16H2,1-2H3. The van der Waals surface area contributed by atoms with E-state index in [0.29, 0.717) is 6.61 Å². The van der Waals surface area contributed by atoms with Gasteiger partial charge in [-0.05, 0) is 43.4 Å². The third kappa shape index (κ3) is 3.30. The molecule has 2 heteroatoms. The molecule has 1 aromatic carbocycles. The highest BCUT2D eigenvalue weighted by molar-refractivity contribution is 5.29. The largest absolute Gasteiger partial charge is 0.372 e. The lowest BCUT2D eigenvalue weighted by molar-refractivity contribution is 0.00402. The van der Waals surface area contributed by atoms with Crippen LogP contribution in [0.4, 0.5) is 0 Å². The predicted octanol–water partition coefficient (Wildman–Crippen LogP) is 3.09. The van der Waals surface area contributed by atoms with Crippen molar-refractivity contribution in [1.82, 2.24) is 0 Å². The van der Waals surface area contributed by atoms with E-state index in [2.05, 4.69) is 32.0 Å². The van der Waals surface area contributed by atoms with Crippen LogP contribution in [0.15, 0.2) is 18.2 Å². The SMILES string of the molecule is Cc1ccc(COC2CCCCC2N)cc1C. The summed E-state index contributed by atoms with van der Waals surface area (Å²) in [5, 5.41) is 0. The van der Waals surface area contributed by atoms with Gasteiger partial charge in [-0.2, -0.15) is 0 Å². The summed E-state index contributed by atoms with van der Waals surface area (Å²) >= 11 is 0. The molecule has 0 bridgehead atoms. The van der Waals surface area contributed by atoms with E-state index in [9.17, 15) is 0 Å². The highest BCUT2D eigenvalue weighted by Gasteiger charge is 2.22. The van der Waals surface area contributed by atoms with Crippen molar-refractivity contribution in [3.05, 3.63) is 34.9 Å². The Bertz CT molecular complexity index is 375. The number of rotatable bonds is 3. The van der Waals surface area contributed by atoms with Gasteiger partial charge in [-0.3, -0.25) is 0 Å². The molecule has 0 amide bonds. The predicted molar refractivity (Wildman–Crippen MR) is 70.9 cm³/mol. The lowest BCUT2D eigenvalue weighted by atomic mass is 9.93. The maximum atomic E-state index is 6.07. The first-order valence-electron chi connectivity index (χ1n) is 6.60. The molecule has 17 heavy (non-hydrogen) atoms. The number of aryl methyl sites for hydroxylation is 2. The number of hydrogen-bond donors (Lipinski definition) is 1. The first kappa shape index (κ1) is 12.6. The van der Waals surface area contributed by atoms with Crippen LogP contribution in [0.5, 0.6) is 0 Å². The zero-order valence-electron chi connectivity index (χ0n) is 10.9. The molecule has 94 valence electrons. The van der Waals surface area contributed by atoms with Crippen LogP contribution in [0.1, 0.15) is 42.4 Å². The Morgan fingerprint density at radius 1 is 1.18 bits per heavy atom. The van der Waals surface area contributed by atoms with Gasteiger partial charge in [0.2, 0.25) is 0 Å². The van der Waals surface area contributed by atoms with E-state index in [4.69, 9.17) is 10.5 Å². The molecule has 0 saturated heterocycles. The van der Waals surface area contributed by atoms with Crippen molar-refractivity contribution in [3.63, 3.8) is 0 Å². The van der Waals surface area contributed by atoms with Crippen molar-refractivity contribution >= 4 is 0 Å². The zero-order valence-corrected chi connectivity index (χ0v) is 10.9. The fourth-order valence-electron chi connectivity index (χ4n) is 2.43. The highest BCUT2D eigenvalue weighted by Crippen LogP contribution is 2.21. The van der Waals surface area contributed by atoms with Gasteiger partial charge in [-0.25, -0.2) is 0 Å². The summed E-state index contributed by atoms with van der Waals surface area (Å²) in [7, 11) is 0. The Morgan fingerprint density at radius 3 is 2.65 bits per heavy atom. The second kappa shape index (κ2) is 5.65. The van der Waals surface area contributed by atoms with Crippen LogP contribution in [0.3, 0.4) is 0 Å². The van der Waals surface area contributed by atoms with Gasteiger partial charge in [0.1, 0.15) is 0 Å². The first-order valence-corrected chi connectivity index (χ1v) is 6.60. The second-order valence-corrected chi connectivity index (χ2v) is 5.22. The van der Waals surface area contributed by atoms with Gasteiger partial charge < -0.3 is 10.5 Å². The molecular weight excluding hydrogens is 210 g/mol. The number of benzene rings is 1. The van der Waals surface area contributed by atoms with Crippen molar-refractivity contribution in [2.45, 2.75) is 58.3 Å². The molecule has 2 nitrogen and oxygen atoms in total. The molecule has 2 atom stereocenters. The smallest absolute Gasteiger partial charge is 0.0730 e. The lowest BCUT2D eigenvalue weighted by Crippen LogP contribution is -2.39. The minimum Gasteiger partial charge on any atom is -0.372 e. The zero-order chi connectivity index (χ0) is 12.3. The topological polar surface area (TPSA) is 35.2 Å². The molecule has 1 saturated carbocycles. The lowest BCUT2D eigenvalue weighted by Gasteiger charge is -2.28. The van der Waals surface area contributed by atoms with Crippen LogP contribution in [-0.4, -0.2) is 12.1 Å². The van der Waals surface area contributed by atoms with Gasteiger partial charge in [-0.15, -0.1) is 0 Å². The van der Waals surface area contributed by atoms with Crippen molar-refractivity contribution in [1.29, 1.82) is 0 Å². The minimum atomic E-state index is 0.232. The molecule has 1 aliphatic rings. The average Bonchev–Trinajstić information content (AvgIpc) is 2.32. The van der Waals surface area contributed by atoms with Gasteiger partial charge in [0.15, 0.2) is 0 Å². The molecule has 1 aromatic rings. The molecule has 0 aliphatic heterocycles. The molecule has 0 radical (unpaired) electrons. The Morgan fingerprint density at radius 2 is 1.94 bits per heavy atom. The first-order chi connectivity index (χ1) is 8.16. The summed E-state index contributed by atoms with van der Waals surface area (Å²) < 4.78 is 5.95. The van der Waals surface area contributed by atoms with Crippen molar-refractivity contribution in [2.24, 2.45) is 5.73 Å². The van der Waals surface area contributed by atoms with E-state index < -0.39 is 0 Å². The molecule has 2 unspecified atom stereocenters. The molecule has 1 fully saturated rings. The average molecular weight is 233 g/mol. The Kier molecular flexibility index (Phi) is 4.19. The summed E-state index contributed by atoms with van der Waals surface area (Å²) in [6.07, 6.45) is 4.99. The van der Waals surface area contributed by atoms with Gasteiger partial charge in [0, 0.05) is 6.04 Å². The summed E-state index contributed by atoms with van der Waals surface area (Å²) in [6, 6.07) is 6.75. The Balaban J connectivity index is 1.90. The molecular formula is C15H23NO. The number of ether oxygens (including phenoxy) is 1. The highest BCUT2D eigenvalue weighted by atomic mass is 16.5. The van der Waals surface area contributed by atoms with Crippen LogP contribution in [0.25, 0.3) is 0 Å². The van der Waals surface area contributed by atoms with Crippen LogP contribution in [0.2, 0.25) is 0 Å². The molecule has 2 rings (SSSR count).